The second-order valence-corrected chi connectivity index (χ2v) is 7.76. The lowest BCUT2D eigenvalue weighted by Crippen LogP contribution is -2.46. The van der Waals surface area contributed by atoms with Crippen LogP contribution in [0.15, 0.2) is 78.9 Å². The molecule has 5 rings (SSSR count). The van der Waals surface area contributed by atoms with E-state index in [0.717, 1.165) is 29.5 Å². The van der Waals surface area contributed by atoms with Gasteiger partial charge in [-0.05, 0) is 48.6 Å². The predicted octanol–water partition coefficient (Wildman–Crippen LogP) is 4.76. The number of carbonyl (C=O) groups excluding carboxylic acids is 2. The molecular weight excluding hydrogens is 376 g/mol. The van der Waals surface area contributed by atoms with Gasteiger partial charge in [-0.1, -0.05) is 60.7 Å². The molecule has 1 aliphatic carbocycles. The van der Waals surface area contributed by atoms with Crippen molar-refractivity contribution < 1.29 is 14.3 Å². The smallest absolute Gasteiger partial charge is 0.325 e. The molecule has 0 aromatic heterocycles. The lowest BCUT2D eigenvalue weighted by atomic mass is 9.76. The van der Waals surface area contributed by atoms with E-state index in [1.807, 2.05) is 78.9 Å². The number of urea groups is 1. The van der Waals surface area contributed by atoms with Crippen molar-refractivity contribution in [1.29, 1.82) is 0 Å². The number of amides is 3. The van der Waals surface area contributed by atoms with Gasteiger partial charge >= 0.3 is 6.03 Å². The van der Waals surface area contributed by atoms with Crippen LogP contribution in [0.1, 0.15) is 29.5 Å². The van der Waals surface area contributed by atoms with E-state index in [9.17, 15) is 9.59 Å². The number of nitrogens with zero attached hydrogens (tertiary/aromatic N) is 1. The zero-order valence-electron chi connectivity index (χ0n) is 16.5. The molecule has 1 spiro atoms. The molecule has 5 nitrogen and oxygen atoms in total. The molecule has 2 aliphatic rings. The highest BCUT2D eigenvalue weighted by molar-refractivity contribution is 6.07. The van der Waals surface area contributed by atoms with Crippen molar-refractivity contribution in [2.45, 2.75) is 31.3 Å². The van der Waals surface area contributed by atoms with Crippen LogP contribution in [0, 0.1) is 0 Å². The van der Waals surface area contributed by atoms with Crippen LogP contribution in [-0.2, 0) is 23.3 Å². The molecule has 0 saturated carbocycles. The van der Waals surface area contributed by atoms with Crippen LogP contribution in [0.4, 0.5) is 4.79 Å². The summed E-state index contributed by atoms with van der Waals surface area (Å²) < 4.78 is 6.01. The number of carbonyl (C=O) groups is 2. The fraction of sp³-hybridized carbons (Fsp3) is 0.200. The summed E-state index contributed by atoms with van der Waals surface area (Å²) in [4.78, 5) is 27.7. The Morgan fingerprint density at radius 2 is 1.63 bits per heavy atom. The average molecular weight is 398 g/mol. The Morgan fingerprint density at radius 3 is 2.50 bits per heavy atom. The third kappa shape index (κ3) is 3.03. The van der Waals surface area contributed by atoms with Crippen molar-refractivity contribution in [3.05, 3.63) is 95.6 Å². The van der Waals surface area contributed by atoms with Gasteiger partial charge in [0.1, 0.15) is 17.0 Å². The number of imide groups is 1. The molecule has 3 amide bonds. The van der Waals surface area contributed by atoms with Gasteiger partial charge in [0.05, 0.1) is 6.54 Å². The van der Waals surface area contributed by atoms with E-state index in [0.29, 0.717) is 17.9 Å². The van der Waals surface area contributed by atoms with Crippen molar-refractivity contribution in [2.75, 3.05) is 0 Å². The summed E-state index contributed by atoms with van der Waals surface area (Å²) in [6, 6.07) is 24.5. The van der Waals surface area contributed by atoms with Gasteiger partial charge in [0.2, 0.25) is 0 Å². The van der Waals surface area contributed by atoms with Gasteiger partial charge in [-0.3, -0.25) is 9.69 Å². The van der Waals surface area contributed by atoms with Crippen molar-refractivity contribution in [3.8, 4) is 11.5 Å². The van der Waals surface area contributed by atoms with Gasteiger partial charge in [0.15, 0.2) is 0 Å². The number of nitrogens with one attached hydrogen (secondary N) is 1. The number of fused-ring (bicyclic) bond motifs is 2. The minimum atomic E-state index is -0.957. The third-order valence-electron chi connectivity index (χ3n) is 5.92. The normalized spacial score (nSPS) is 20.2. The maximum Gasteiger partial charge on any atom is 0.325 e. The monoisotopic (exact) mass is 398 g/mol. The molecule has 5 heteroatoms. The molecule has 1 fully saturated rings. The van der Waals surface area contributed by atoms with Gasteiger partial charge in [0, 0.05) is 5.56 Å². The molecule has 150 valence electrons. The molecule has 1 heterocycles. The first kappa shape index (κ1) is 18.4. The maximum atomic E-state index is 13.5. The minimum Gasteiger partial charge on any atom is -0.457 e. The quantitative estimate of drug-likeness (QED) is 0.645. The highest BCUT2D eigenvalue weighted by Gasteiger charge is 2.53. The largest absolute Gasteiger partial charge is 0.457 e. The van der Waals surface area contributed by atoms with Gasteiger partial charge in [-0.15, -0.1) is 0 Å². The van der Waals surface area contributed by atoms with Crippen molar-refractivity contribution in [3.63, 3.8) is 0 Å². The zero-order valence-corrected chi connectivity index (χ0v) is 16.5. The number of rotatable bonds is 4. The molecule has 3 aromatic rings. The van der Waals surface area contributed by atoms with Crippen LogP contribution in [0.25, 0.3) is 0 Å². The molecule has 0 bridgehead atoms. The molecule has 0 radical (unpaired) electrons. The molecule has 30 heavy (non-hydrogen) atoms. The summed E-state index contributed by atoms with van der Waals surface area (Å²) in [5.74, 6) is 1.16. The standard InChI is InChI=1S/C25H22N2O3/c28-23-25(16-8-11-18-9-4-6-14-21(18)25)26-24(29)27(23)17-19-10-5-7-15-22(19)30-20-12-2-1-3-13-20/h1-7,9-10,12-15H,8,11,16-17H2,(H,26,29)/t25-/m0/s1. The van der Waals surface area contributed by atoms with Crippen LogP contribution in [-0.4, -0.2) is 16.8 Å². The number of hydrogen-bond acceptors (Lipinski definition) is 3. The first-order valence-electron chi connectivity index (χ1n) is 10.2. The van der Waals surface area contributed by atoms with Gasteiger partial charge in [-0.2, -0.15) is 0 Å². The van der Waals surface area contributed by atoms with Crippen LogP contribution in [0.5, 0.6) is 11.5 Å². The predicted molar refractivity (Wildman–Crippen MR) is 113 cm³/mol. The first-order valence-corrected chi connectivity index (χ1v) is 10.2. The number of ether oxygens (including phenoxy) is 1. The molecule has 1 atom stereocenters. The van der Waals surface area contributed by atoms with Crippen molar-refractivity contribution >= 4 is 11.9 Å². The Morgan fingerprint density at radius 1 is 0.900 bits per heavy atom. The van der Waals surface area contributed by atoms with Crippen LogP contribution in [0.3, 0.4) is 0 Å². The Bertz CT molecular complexity index is 1110. The van der Waals surface area contributed by atoms with Crippen LogP contribution >= 0.6 is 0 Å². The summed E-state index contributed by atoms with van der Waals surface area (Å²) in [6.45, 7) is 0.164. The molecule has 0 unspecified atom stereocenters. The third-order valence-corrected chi connectivity index (χ3v) is 5.92. The summed E-state index contributed by atoms with van der Waals surface area (Å²) >= 11 is 0. The summed E-state index contributed by atoms with van der Waals surface area (Å²) in [7, 11) is 0. The zero-order chi connectivity index (χ0) is 20.6. The van der Waals surface area contributed by atoms with E-state index in [1.165, 1.54) is 4.90 Å². The van der Waals surface area contributed by atoms with Crippen LogP contribution in [0.2, 0.25) is 0 Å². The summed E-state index contributed by atoms with van der Waals surface area (Å²) in [5, 5.41) is 3.01. The van der Waals surface area contributed by atoms with E-state index < -0.39 is 5.54 Å². The highest BCUT2D eigenvalue weighted by Crippen LogP contribution is 2.40. The SMILES string of the molecule is O=C1N[C@]2(CCCc3ccccc32)C(=O)N1Cc1ccccc1Oc1ccccc1. The molecule has 1 N–H and O–H groups in total. The Kier molecular flexibility index (Phi) is 4.51. The first-order chi connectivity index (χ1) is 14.7. The van der Waals surface area contributed by atoms with Crippen LogP contribution < -0.4 is 10.1 Å². The Hall–Kier alpha value is -3.60. The molecule has 3 aromatic carbocycles. The van der Waals surface area contributed by atoms with E-state index in [1.54, 1.807) is 0 Å². The molecular formula is C25H22N2O3. The summed E-state index contributed by atoms with van der Waals surface area (Å²) in [5.41, 5.74) is 1.88. The minimum absolute atomic E-state index is 0.164. The lowest BCUT2D eigenvalue weighted by Gasteiger charge is -2.33. The van der Waals surface area contributed by atoms with E-state index >= 15 is 0 Å². The Labute approximate surface area is 175 Å². The highest BCUT2D eigenvalue weighted by atomic mass is 16.5. The van der Waals surface area contributed by atoms with E-state index in [4.69, 9.17) is 4.74 Å². The summed E-state index contributed by atoms with van der Waals surface area (Å²) in [6.07, 6.45) is 2.41. The second kappa shape index (κ2) is 7.34. The fourth-order valence-electron chi connectivity index (χ4n) is 4.47. The number of aryl methyl sites for hydroxylation is 1. The average Bonchev–Trinajstić information content (AvgIpc) is 3.01. The Balaban J connectivity index is 1.45. The van der Waals surface area contributed by atoms with E-state index in [-0.39, 0.29) is 18.5 Å². The fourth-order valence-corrected chi connectivity index (χ4v) is 4.47. The maximum absolute atomic E-state index is 13.5. The van der Waals surface area contributed by atoms with Crippen molar-refractivity contribution in [1.82, 2.24) is 10.2 Å². The van der Waals surface area contributed by atoms with Gasteiger partial charge < -0.3 is 10.1 Å². The molecule has 1 saturated heterocycles. The number of hydrogen-bond donors (Lipinski definition) is 1. The van der Waals surface area contributed by atoms with Gasteiger partial charge in [-0.25, -0.2) is 4.79 Å². The topological polar surface area (TPSA) is 58.6 Å². The van der Waals surface area contributed by atoms with E-state index in [2.05, 4.69) is 5.32 Å². The number of benzene rings is 3. The van der Waals surface area contributed by atoms with Gasteiger partial charge in [0.25, 0.3) is 5.91 Å². The lowest BCUT2D eigenvalue weighted by molar-refractivity contribution is -0.132. The van der Waals surface area contributed by atoms with Crippen molar-refractivity contribution in [2.24, 2.45) is 0 Å². The number of para-hydroxylation sites is 2. The second-order valence-electron chi connectivity index (χ2n) is 7.76. The molecule has 1 aliphatic heterocycles.